The summed E-state index contributed by atoms with van der Waals surface area (Å²) < 4.78 is 25.7. The van der Waals surface area contributed by atoms with Gasteiger partial charge < -0.3 is 10.4 Å². The predicted molar refractivity (Wildman–Crippen MR) is 60.4 cm³/mol. The minimum absolute atomic E-state index is 0.0126. The summed E-state index contributed by atoms with van der Waals surface area (Å²) >= 11 is 0. The number of carbonyl (C=O) groups excluding carboxylic acids is 1. The highest BCUT2D eigenvalue weighted by Gasteiger charge is 2.20. The van der Waals surface area contributed by atoms with Crippen molar-refractivity contribution < 1.29 is 23.5 Å². The summed E-state index contributed by atoms with van der Waals surface area (Å²) in [7, 11) is 1.50. The van der Waals surface area contributed by atoms with Crippen molar-refractivity contribution in [1.82, 2.24) is 5.32 Å². The van der Waals surface area contributed by atoms with Gasteiger partial charge in [0, 0.05) is 12.0 Å². The molecule has 0 saturated carbocycles. The van der Waals surface area contributed by atoms with Crippen LogP contribution in [0.2, 0.25) is 0 Å². The molecule has 0 aliphatic heterocycles. The lowest BCUT2D eigenvalue weighted by Crippen LogP contribution is -2.34. The maximum absolute atomic E-state index is 13.0. The molecule has 1 unspecified atom stereocenters. The second kappa shape index (κ2) is 6.20. The van der Waals surface area contributed by atoms with Crippen molar-refractivity contribution in [1.29, 1.82) is 0 Å². The lowest BCUT2D eigenvalue weighted by molar-refractivity contribution is -0.137. The van der Waals surface area contributed by atoms with Crippen LogP contribution in [0.5, 0.6) is 0 Å². The Morgan fingerprint density at radius 3 is 2.50 bits per heavy atom. The normalized spacial score (nSPS) is 12.2. The molecule has 0 heterocycles. The predicted octanol–water partition coefficient (Wildman–Crippen LogP) is 1.60. The first-order chi connectivity index (χ1) is 8.45. The van der Waals surface area contributed by atoms with Gasteiger partial charge in [0.05, 0.1) is 6.04 Å². The summed E-state index contributed by atoms with van der Waals surface area (Å²) in [6.45, 7) is 0. The topological polar surface area (TPSA) is 66.4 Å². The molecule has 1 aromatic rings. The average molecular weight is 257 g/mol. The molecule has 98 valence electrons. The van der Waals surface area contributed by atoms with E-state index in [1.807, 2.05) is 0 Å². The first-order valence-electron chi connectivity index (χ1n) is 5.34. The van der Waals surface area contributed by atoms with Gasteiger partial charge in [0.2, 0.25) is 0 Å². The van der Waals surface area contributed by atoms with Crippen molar-refractivity contribution in [2.24, 2.45) is 0 Å². The van der Waals surface area contributed by atoms with Crippen LogP contribution in [-0.2, 0) is 4.79 Å². The number of hydrogen-bond donors (Lipinski definition) is 2. The van der Waals surface area contributed by atoms with Crippen LogP contribution in [0.25, 0.3) is 0 Å². The van der Waals surface area contributed by atoms with Crippen LogP contribution in [0.4, 0.5) is 8.78 Å². The Kier molecular flexibility index (Phi) is 4.91. The van der Waals surface area contributed by atoms with E-state index >= 15 is 0 Å². The van der Waals surface area contributed by atoms with E-state index in [-0.39, 0.29) is 18.4 Å². The molecule has 6 heteroatoms. The van der Waals surface area contributed by atoms with E-state index < -0.39 is 29.4 Å². The Hall–Kier alpha value is -1.82. The SMILES string of the molecule is CNC(CCC(=O)O)C(=O)c1ccc(F)c(F)c1. The zero-order chi connectivity index (χ0) is 13.7. The van der Waals surface area contributed by atoms with Crippen LogP contribution in [0.1, 0.15) is 23.2 Å². The van der Waals surface area contributed by atoms with Gasteiger partial charge in [-0.1, -0.05) is 0 Å². The highest BCUT2D eigenvalue weighted by Crippen LogP contribution is 2.12. The third-order valence-corrected chi connectivity index (χ3v) is 2.52. The molecular weight excluding hydrogens is 244 g/mol. The third-order valence-electron chi connectivity index (χ3n) is 2.52. The van der Waals surface area contributed by atoms with E-state index in [9.17, 15) is 18.4 Å². The summed E-state index contributed by atoms with van der Waals surface area (Å²) in [5.41, 5.74) is 0.0126. The molecule has 0 aliphatic rings. The number of nitrogens with one attached hydrogen (secondary N) is 1. The number of hydrogen-bond acceptors (Lipinski definition) is 3. The lowest BCUT2D eigenvalue weighted by Gasteiger charge is -2.13. The van der Waals surface area contributed by atoms with Crippen LogP contribution in [0.15, 0.2) is 18.2 Å². The van der Waals surface area contributed by atoms with Crippen molar-refractivity contribution in [3.05, 3.63) is 35.4 Å². The van der Waals surface area contributed by atoms with E-state index in [0.29, 0.717) is 0 Å². The van der Waals surface area contributed by atoms with Gasteiger partial charge in [0.1, 0.15) is 0 Å². The Bertz CT molecular complexity index is 463. The van der Waals surface area contributed by atoms with Gasteiger partial charge in [0.15, 0.2) is 17.4 Å². The van der Waals surface area contributed by atoms with E-state index in [4.69, 9.17) is 5.11 Å². The number of Topliss-reactive ketones (excluding diaryl/α,β-unsaturated/α-hetero) is 1. The highest BCUT2D eigenvalue weighted by molar-refractivity contribution is 6.00. The Labute approximate surface area is 103 Å². The van der Waals surface area contributed by atoms with Crippen LogP contribution < -0.4 is 5.32 Å². The van der Waals surface area contributed by atoms with Crippen molar-refractivity contribution in [2.75, 3.05) is 7.05 Å². The monoisotopic (exact) mass is 257 g/mol. The van der Waals surface area contributed by atoms with Gasteiger partial charge in [-0.2, -0.15) is 0 Å². The second-order valence-electron chi connectivity index (χ2n) is 3.77. The van der Waals surface area contributed by atoms with Gasteiger partial charge in [-0.05, 0) is 31.7 Å². The minimum Gasteiger partial charge on any atom is -0.481 e. The maximum Gasteiger partial charge on any atom is 0.303 e. The number of carboxylic acid groups (broad SMARTS) is 1. The summed E-state index contributed by atoms with van der Waals surface area (Å²) in [6, 6.07) is 2.12. The Balaban J connectivity index is 2.82. The van der Waals surface area contributed by atoms with E-state index in [2.05, 4.69) is 5.32 Å². The molecule has 0 aliphatic carbocycles. The molecule has 2 N–H and O–H groups in total. The Morgan fingerprint density at radius 1 is 1.33 bits per heavy atom. The van der Waals surface area contributed by atoms with E-state index in [1.165, 1.54) is 13.1 Å². The summed E-state index contributed by atoms with van der Waals surface area (Å²) in [6.07, 6.45) is -0.0927. The first kappa shape index (κ1) is 14.2. The van der Waals surface area contributed by atoms with Gasteiger partial charge in [-0.3, -0.25) is 9.59 Å². The van der Waals surface area contributed by atoms with Crippen molar-refractivity contribution in [3.8, 4) is 0 Å². The molecule has 0 saturated heterocycles. The number of carbonyl (C=O) groups is 2. The van der Waals surface area contributed by atoms with E-state index in [0.717, 1.165) is 12.1 Å². The fourth-order valence-corrected chi connectivity index (χ4v) is 1.52. The highest BCUT2D eigenvalue weighted by atomic mass is 19.2. The smallest absolute Gasteiger partial charge is 0.303 e. The molecule has 0 fully saturated rings. The molecule has 0 radical (unpaired) electrons. The first-order valence-corrected chi connectivity index (χ1v) is 5.34. The van der Waals surface area contributed by atoms with Crippen LogP contribution >= 0.6 is 0 Å². The largest absolute Gasteiger partial charge is 0.481 e. The number of ketones is 1. The number of halogens is 2. The third kappa shape index (κ3) is 3.59. The van der Waals surface area contributed by atoms with Crippen LogP contribution in [0.3, 0.4) is 0 Å². The van der Waals surface area contributed by atoms with Crippen molar-refractivity contribution >= 4 is 11.8 Å². The average Bonchev–Trinajstić information content (AvgIpc) is 2.32. The molecule has 0 spiro atoms. The number of aliphatic carboxylic acids is 1. The molecule has 18 heavy (non-hydrogen) atoms. The molecule has 1 atom stereocenters. The van der Waals surface area contributed by atoms with Gasteiger partial charge in [-0.15, -0.1) is 0 Å². The van der Waals surface area contributed by atoms with Crippen molar-refractivity contribution in [3.63, 3.8) is 0 Å². The molecular formula is C12H13F2NO3. The number of benzene rings is 1. The van der Waals surface area contributed by atoms with E-state index in [1.54, 1.807) is 0 Å². The molecule has 0 bridgehead atoms. The Morgan fingerprint density at radius 2 is 2.00 bits per heavy atom. The van der Waals surface area contributed by atoms with Gasteiger partial charge in [0.25, 0.3) is 0 Å². The van der Waals surface area contributed by atoms with Crippen molar-refractivity contribution in [2.45, 2.75) is 18.9 Å². The zero-order valence-electron chi connectivity index (χ0n) is 9.74. The van der Waals surface area contributed by atoms with Crippen LogP contribution in [0, 0.1) is 11.6 Å². The standard InChI is InChI=1S/C12H13F2NO3/c1-15-10(4-5-11(16)17)12(18)7-2-3-8(13)9(14)6-7/h2-3,6,10,15H,4-5H2,1H3,(H,16,17). The fraction of sp³-hybridized carbons (Fsp3) is 0.333. The summed E-state index contributed by atoms with van der Waals surface area (Å²) in [5.74, 6) is -3.61. The molecule has 0 amide bonds. The molecule has 1 aromatic carbocycles. The fourth-order valence-electron chi connectivity index (χ4n) is 1.52. The quantitative estimate of drug-likeness (QED) is 0.760. The number of rotatable bonds is 6. The zero-order valence-corrected chi connectivity index (χ0v) is 9.74. The summed E-state index contributed by atoms with van der Waals surface area (Å²) in [5, 5.41) is 11.2. The maximum atomic E-state index is 13.0. The second-order valence-corrected chi connectivity index (χ2v) is 3.77. The number of carboxylic acids is 1. The molecule has 4 nitrogen and oxygen atoms in total. The molecule has 1 rings (SSSR count). The van der Waals surface area contributed by atoms with Crippen LogP contribution in [-0.4, -0.2) is 29.9 Å². The van der Waals surface area contributed by atoms with Gasteiger partial charge >= 0.3 is 5.97 Å². The minimum atomic E-state index is -1.10. The van der Waals surface area contributed by atoms with Gasteiger partial charge in [-0.25, -0.2) is 8.78 Å². The molecule has 0 aromatic heterocycles. The number of likely N-dealkylation sites (N-methyl/N-ethyl adjacent to an activating group) is 1. The summed E-state index contributed by atoms with van der Waals surface area (Å²) in [4.78, 5) is 22.3. The lowest BCUT2D eigenvalue weighted by atomic mass is 10.00.